The molecule has 0 aliphatic heterocycles. The lowest BCUT2D eigenvalue weighted by molar-refractivity contribution is 0.407. The second kappa shape index (κ2) is 5.77. The minimum Gasteiger partial charge on any atom is -0.496 e. The highest BCUT2D eigenvalue weighted by atomic mass is 35.5. The van der Waals surface area contributed by atoms with Gasteiger partial charge in [-0.25, -0.2) is 8.78 Å². The average molecular weight is 298 g/mol. The molecule has 2 N–H and O–H groups in total. The van der Waals surface area contributed by atoms with Crippen LogP contribution in [-0.2, 0) is 0 Å². The lowest BCUT2D eigenvalue weighted by Crippen LogP contribution is -2.15. The van der Waals surface area contributed by atoms with Gasteiger partial charge in [0, 0.05) is 22.2 Å². The van der Waals surface area contributed by atoms with E-state index in [4.69, 9.17) is 22.1 Å². The molecule has 0 bridgehead atoms. The van der Waals surface area contributed by atoms with Gasteiger partial charge < -0.3 is 10.5 Å². The number of rotatable bonds is 3. The molecule has 0 fully saturated rings. The van der Waals surface area contributed by atoms with Crippen molar-refractivity contribution in [3.63, 3.8) is 0 Å². The van der Waals surface area contributed by atoms with Crippen LogP contribution >= 0.6 is 11.6 Å². The van der Waals surface area contributed by atoms with Crippen LogP contribution in [0.2, 0.25) is 5.02 Å². The Balaban J connectivity index is 2.54. The van der Waals surface area contributed by atoms with Crippen LogP contribution in [0, 0.1) is 18.6 Å². The van der Waals surface area contributed by atoms with Crippen molar-refractivity contribution in [3.8, 4) is 5.75 Å². The fourth-order valence-corrected chi connectivity index (χ4v) is 2.21. The number of methoxy groups -OCH3 is 1. The van der Waals surface area contributed by atoms with Gasteiger partial charge in [-0.2, -0.15) is 0 Å². The molecule has 2 aromatic carbocycles. The molecule has 2 nitrogen and oxygen atoms in total. The van der Waals surface area contributed by atoms with E-state index in [9.17, 15) is 8.78 Å². The SMILES string of the molecule is COc1ccc(Cl)cc1C(N)c1cc(C)c(F)cc1F. The summed E-state index contributed by atoms with van der Waals surface area (Å²) in [6, 6.07) is 6.37. The van der Waals surface area contributed by atoms with Crippen molar-refractivity contribution < 1.29 is 13.5 Å². The predicted molar refractivity (Wildman–Crippen MR) is 75.1 cm³/mol. The van der Waals surface area contributed by atoms with Crippen molar-refractivity contribution in [1.82, 2.24) is 0 Å². The van der Waals surface area contributed by atoms with Crippen molar-refractivity contribution >= 4 is 11.6 Å². The maximum absolute atomic E-state index is 13.9. The summed E-state index contributed by atoms with van der Waals surface area (Å²) in [5.74, 6) is -0.789. The largest absolute Gasteiger partial charge is 0.496 e. The van der Waals surface area contributed by atoms with E-state index in [0.29, 0.717) is 21.9 Å². The molecule has 0 aliphatic carbocycles. The summed E-state index contributed by atoms with van der Waals surface area (Å²) in [7, 11) is 1.49. The van der Waals surface area contributed by atoms with E-state index in [2.05, 4.69) is 0 Å². The molecule has 0 spiro atoms. The third-order valence-corrected chi connectivity index (χ3v) is 3.37. The van der Waals surface area contributed by atoms with Crippen LogP contribution in [0.4, 0.5) is 8.78 Å². The summed E-state index contributed by atoms with van der Waals surface area (Å²) in [5.41, 5.74) is 7.16. The Bertz CT molecular complexity index is 646. The van der Waals surface area contributed by atoms with E-state index in [1.54, 1.807) is 25.1 Å². The van der Waals surface area contributed by atoms with Crippen molar-refractivity contribution in [2.45, 2.75) is 13.0 Å². The first-order valence-corrected chi connectivity index (χ1v) is 6.36. The zero-order valence-electron chi connectivity index (χ0n) is 11.1. The van der Waals surface area contributed by atoms with Crippen LogP contribution in [0.15, 0.2) is 30.3 Å². The molecular formula is C15H14ClF2NO. The van der Waals surface area contributed by atoms with Crippen molar-refractivity contribution in [1.29, 1.82) is 0 Å². The Morgan fingerprint density at radius 2 is 1.80 bits per heavy atom. The van der Waals surface area contributed by atoms with Gasteiger partial charge in [0.2, 0.25) is 0 Å². The number of halogens is 3. The van der Waals surface area contributed by atoms with E-state index >= 15 is 0 Å². The molecule has 5 heteroatoms. The Kier molecular flexibility index (Phi) is 4.26. The molecular weight excluding hydrogens is 284 g/mol. The third kappa shape index (κ3) is 2.76. The van der Waals surface area contributed by atoms with Gasteiger partial charge in [-0.3, -0.25) is 0 Å². The highest BCUT2D eigenvalue weighted by Crippen LogP contribution is 2.32. The molecule has 106 valence electrons. The fraction of sp³-hybridized carbons (Fsp3) is 0.200. The smallest absolute Gasteiger partial charge is 0.131 e. The number of ether oxygens (including phenoxy) is 1. The lowest BCUT2D eigenvalue weighted by Gasteiger charge is -2.18. The molecule has 20 heavy (non-hydrogen) atoms. The van der Waals surface area contributed by atoms with E-state index in [-0.39, 0.29) is 5.56 Å². The fourth-order valence-electron chi connectivity index (χ4n) is 2.03. The van der Waals surface area contributed by atoms with E-state index < -0.39 is 17.7 Å². The molecule has 0 saturated heterocycles. The minimum atomic E-state index is -0.789. The van der Waals surface area contributed by atoms with Crippen LogP contribution in [-0.4, -0.2) is 7.11 Å². The van der Waals surface area contributed by atoms with Crippen LogP contribution in [0.3, 0.4) is 0 Å². The zero-order chi connectivity index (χ0) is 14.9. The second-order valence-corrected chi connectivity index (χ2v) is 4.92. The summed E-state index contributed by atoms with van der Waals surface area (Å²) in [6.45, 7) is 1.56. The van der Waals surface area contributed by atoms with Crippen LogP contribution in [0.1, 0.15) is 22.7 Å². The number of benzene rings is 2. The number of aryl methyl sites for hydroxylation is 1. The van der Waals surface area contributed by atoms with Gasteiger partial charge in [0.25, 0.3) is 0 Å². The normalized spacial score (nSPS) is 12.3. The van der Waals surface area contributed by atoms with Gasteiger partial charge in [0.15, 0.2) is 0 Å². The first kappa shape index (κ1) is 14.8. The molecule has 1 unspecified atom stereocenters. The molecule has 0 radical (unpaired) electrons. The standard InChI is InChI=1S/C15H14ClF2NO/c1-8-5-10(13(18)7-12(8)17)15(19)11-6-9(16)3-4-14(11)20-2/h3-7,15H,19H2,1-2H3. The van der Waals surface area contributed by atoms with Gasteiger partial charge in [0.05, 0.1) is 13.2 Å². The highest BCUT2D eigenvalue weighted by molar-refractivity contribution is 6.30. The predicted octanol–water partition coefficient (Wildman–Crippen LogP) is 3.98. The number of nitrogens with two attached hydrogens (primary N) is 1. The van der Waals surface area contributed by atoms with Gasteiger partial charge in [-0.1, -0.05) is 11.6 Å². The molecule has 0 heterocycles. The van der Waals surface area contributed by atoms with E-state index in [0.717, 1.165) is 6.07 Å². The first-order valence-electron chi connectivity index (χ1n) is 5.98. The van der Waals surface area contributed by atoms with Gasteiger partial charge in [-0.05, 0) is 36.8 Å². The Morgan fingerprint density at radius 3 is 2.45 bits per heavy atom. The Hall–Kier alpha value is -1.65. The molecule has 1 atom stereocenters. The topological polar surface area (TPSA) is 35.2 Å². The van der Waals surface area contributed by atoms with E-state index in [1.165, 1.54) is 13.2 Å². The summed E-state index contributed by atoms with van der Waals surface area (Å²) < 4.78 is 32.4. The van der Waals surface area contributed by atoms with Gasteiger partial charge in [0.1, 0.15) is 17.4 Å². The number of hydrogen-bond donors (Lipinski definition) is 1. The first-order chi connectivity index (χ1) is 9.43. The minimum absolute atomic E-state index is 0.199. The summed E-state index contributed by atoms with van der Waals surface area (Å²) in [4.78, 5) is 0. The number of hydrogen-bond acceptors (Lipinski definition) is 2. The summed E-state index contributed by atoms with van der Waals surface area (Å²) >= 11 is 5.94. The maximum Gasteiger partial charge on any atom is 0.131 e. The highest BCUT2D eigenvalue weighted by Gasteiger charge is 2.19. The third-order valence-electron chi connectivity index (χ3n) is 3.14. The van der Waals surface area contributed by atoms with Crippen molar-refractivity contribution in [2.24, 2.45) is 5.73 Å². The average Bonchev–Trinajstić information content (AvgIpc) is 2.42. The van der Waals surface area contributed by atoms with Crippen LogP contribution < -0.4 is 10.5 Å². The summed E-state index contributed by atoms with van der Waals surface area (Å²) in [5, 5.41) is 0.468. The van der Waals surface area contributed by atoms with Crippen LogP contribution in [0.25, 0.3) is 0 Å². The zero-order valence-corrected chi connectivity index (χ0v) is 11.8. The monoisotopic (exact) mass is 297 g/mol. The molecule has 2 rings (SSSR count). The second-order valence-electron chi connectivity index (χ2n) is 4.49. The van der Waals surface area contributed by atoms with Gasteiger partial charge in [-0.15, -0.1) is 0 Å². The molecule has 2 aromatic rings. The Morgan fingerprint density at radius 1 is 1.10 bits per heavy atom. The van der Waals surface area contributed by atoms with Crippen LogP contribution in [0.5, 0.6) is 5.75 Å². The summed E-state index contributed by atoms with van der Waals surface area (Å²) in [6.07, 6.45) is 0. The van der Waals surface area contributed by atoms with Gasteiger partial charge >= 0.3 is 0 Å². The van der Waals surface area contributed by atoms with Crippen molar-refractivity contribution in [3.05, 3.63) is 63.7 Å². The van der Waals surface area contributed by atoms with E-state index in [1.807, 2.05) is 0 Å². The quantitative estimate of drug-likeness (QED) is 0.930. The maximum atomic E-state index is 13.9. The lowest BCUT2D eigenvalue weighted by atomic mass is 9.96. The molecule has 0 saturated carbocycles. The molecule has 0 aliphatic rings. The van der Waals surface area contributed by atoms with Crippen molar-refractivity contribution in [2.75, 3.05) is 7.11 Å². The molecule has 0 aromatic heterocycles. The Labute approximate surface area is 121 Å². The molecule has 0 amide bonds.